The number of aryl methyl sites for hydroxylation is 2. The predicted octanol–water partition coefficient (Wildman–Crippen LogP) is 5.75. The van der Waals surface area contributed by atoms with Crippen LogP contribution in [0.15, 0.2) is 18.2 Å². The molecule has 0 aromatic heterocycles. The Bertz CT molecular complexity index is 547. The Balaban J connectivity index is 2.31. The minimum absolute atomic E-state index is 0.0199. The lowest BCUT2D eigenvalue weighted by atomic mass is 10.0. The van der Waals surface area contributed by atoms with Crippen molar-refractivity contribution in [3.63, 3.8) is 0 Å². The number of hydrogen-bond donors (Lipinski definition) is 0. The highest BCUT2D eigenvalue weighted by atomic mass is 35.5. The molecule has 140 valence electrons. The summed E-state index contributed by atoms with van der Waals surface area (Å²) < 4.78 is 0.427. The number of carbonyl (C=O) groups excluding carboxylic acids is 1. The van der Waals surface area contributed by atoms with E-state index < -0.39 is 0 Å². The minimum atomic E-state index is 0.0199. The molecule has 2 atom stereocenters. The van der Waals surface area contributed by atoms with E-state index in [1.807, 2.05) is 28.4 Å². The second kappa shape index (κ2) is 10.1. The molecule has 1 fully saturated rings. The van der Waals surface area contributed by atoms with Crippen LogP contribution in [0.25, 0.3) is 0 Å². The molecule has 5 heteroatoms. The highest BCUT2D eigenvalue weighted by Gasteiger charge is 2.35. The lowest BCUT2D eigenvalue weighted by molar-refractivity contribution is -0.116. The van der Waals surface area contributed by atoms with Crippen LogP contribution in [0.1, 0.15) is 51.7 Å². The molecular formula is C20H30ClNOS2. The van der Waals surface area contributed by atoms with E-state index in [2.05, 4.69) is 45.9 Å². The minimum Gasteiger partial charge on any atom is -0.309 e. The van der Waals surface area contributed by atoms with Crippen molar-refractivity contribution < 1.29 is 4.79 Å². The fraction of sp³-hybridized carbons (Fsp3) is 0.650. The molecule has 1 aromatic rings. The average molecular weight is 400 g/mol. The summed E-state index contributed by atoms with van der Waals surface area (Å²) in [5.41, 5.74) is 3.59. The molecule has 0 saturated carbocycles. The van der Waals surface area contributed by atoms with Gasteiger partial charge in [0.1, 0.15) is 5.88 Å². The van der Waals surface area contributed by atoms with Crippen LogP contribution >= 0.6 is 35.1 Å². The third kappa shape index (κ3) is 4.90. The summed E-state index contributed by atoms with van der Waals surface area (Å²) in [5.74, 6) is 0.0592. The Morgan fingerprint density at radius 3 is 1.96 bits per heavy atom. The summed E-state index contributed by atoms with van der Waals surface area (Å²) in [5, 5.41) is 1.39. The first kappa shape index (κ1) is 21.0. The third-order valence-corrected chi connectivity index (χ3v) is 8.85. The number of nitrogens with zero attached hydrogens (tertiary/aromatic N) is 1. The first-order valence-corrected chi connectivity index (χ1v) is 11.8. The van der Waals surface area contributed by atoms with E-state index >= 15 is 0 Å². The molecule has 0 N–H and O–H groups in total. The molecular weight excluding hydrogens is 370 g/mol. The molecule has 1 heterocycles. The van der Waals surface area contributed by atoms with Gasteiger partial charge >= 0.3 is 0 Å². The van der Waals surface area contributed by atoms with Gasteiger partial charge in [0.2, 0.25) is 5.91 Å². The molecule has 1 aromatic carbocycles. The maximum Gasteiger partial charge on any atom is 0.241 e. The zero-order valence-corrected chi connectivity index (χ0v) is 18.1. The van der Waals surface area contributed by atoms with Gasteiger partial charge in [0, 0.05) is 17.0 Å². The summed E-state index contributed by atoms with van der Waals surface area (Å²) in [6.07, 6.45) is 4.24. The first-order chi connectivity index (χ1) is 12.1. The molecule has 2 rings (SSSR count). The number of amides is 1. The molecule has 2 nitrogen and oxygen atoms in total. The SMILES string of the molecule is CCc1cccc(CC)c1N(CC1SC(CC)C(CC)S1)C(=O)CCl. The van der Waals surface area contributed by atoms with E-state index in [-0.39, 0.29) is 11.8 Å². The van der Waals surface area contributed by atoms with E-state index in [1.165, 1.54) is 24.0 Å². The fourth-order valence-electron chi connectivity index (χ4n) is 3.50. The number of para-hydroxylation sites is 1. The van der Waals surface area contributed by atoms with E-state index in [0.717, 1.165) is 25.1 Å². The van der Waals surface area contributed by atoms with Gasteiger partial charge in [-0.25, -0.2) is 0 Å². The van der Waals surface area contributed by atoms with Crippen LogP contribution < -0.4 is 4.90 Å². The molecule has 25 heavy (non-hydrogen) atoms. The smallest absolute Gasteiger partial charge is 0.241 e. The van der Waals surface area contributed by atoms with Crippen molar-refractivity contribution in [3.8, 4) is 0 Å². The number of benzene rings is 1. The number of rotatable bonds is 8. The summed E-state index contributed by atoms with van der Waals surface area (Å²) in [6.45, 7) is 9.60. The lowest BCUT2D eigenvalue weighted by Crippen LogP contribution is -2.37. The molecule has 0 aliphatic carbocycles. The largest absolute Gasteiger partial charge is 0.309 e. The summed E-state index contributed by atoms with van der Waals surface area (Å²) >= 11 is 10.1. The molecule has 1 saturated heterocycles. The fourth-order valence-corrected chi connectivity index (χ4v) is 7.51. The lowest BCUT2D eigenvalue weighted by Gasteiger charge is -2.29. The van der Waals surface area contributed by atoms with Gasteiger partial charge in [-0.1, -0.05) is 45.9 Å². The third-order valence-electron chi connectivity index (χ3n) is 4.85. The topological polar surface area (TPSA) is 20.3 Å². The zero-order chi connectivity index (χ0) is 18.4. The van der Waals surface area contributed by atoms with Crippen LogP contribution in [0.3, 0.4) is 0 Å². The maximum absolute atomic E-state index is 12.7. The number of carbonyl (C=O) groups is 1. The van der Waals surface area contributed by atoms with Crippen LogP contribution in [-0.4, -0.2) is 33.4 Å². The van der Waals surface area contributed by atoms with Gasteiger partial charge in [-0.15, -0.1) is 35.1 Å². The second-order valence-corrected chi connectivity index (χ2v) is 9.82. The number of alkyl halides is 1. The van der Waals surface area contributed by atoms with Gasteiger partial charge in [0.05, 0.1) is 10.3 Å². The second-order valence-electron chi connectivity index (χ2n) is 6.37. The predicted molar refractivity (Wildman–Crippen MR) is 115 cm³/mol. The average Bonchev–Trinajstić information content (AvgIpc) is 3.06. The number of thioether (sulfide) groups is 2. The van der Waals surface area contributed by atoms with E-state index in [0.29, 0.717) is 15.1 Å². The van der Waals surface area contributed by atoms with Crippen LogP contribution in [0.2, 0.25) is 0 Å². The molecule has 1 aliphatic heterocycles. The monoisotopic (exact) mass is 399 g/mol. The molecule has 1 amide bonds. The van der Waals surface area contributed by atoms with Crippen molar-refractivity contribution >= 4 is 46.7 Å². The normalized spacial score (nSPS) is 23.0. The Morgan fingerprint density at radius 1 is 1.04 bits per heavy atom. The maximum atomic E-state index is 12.7. The molecule has 0 bridgehead atoms. The number of hydrogen-bond acceptors (Lipinski definition) is 3. The molecule has 0 spiro atoms. The van der Waals surface area contributed by atoms with E-state index in [9.17, 15) is 4.79 Å². The summed E-state index contributed by atoms with van der Waals surface area (Å²) in [6, 6.07) is 6.38. The quantitative estimate of drug-likeness (QED) is 0.519. The van der Waals surface area contributed by atoms with Gasteiger partial charge < -0.3 is 4.90 Å². The van der Waals surface area contributed by atoms with Gasteiger partial charge in [-0.2, -0.15) is 0 Å². The van der Waals surface area contributed by atoms with Crippen molar-refractivity contribution in [1.29, 1.82) is 0 Å². The van der Waals surface area contributed by atoms with Crippen molar-refractivity contribution in [2.75, 3.05) is 17.3 Å². The Hall–Kier alpha value is -0.320. The number of halogens is 1. The van der Waals surface area contributed by atoms with Gasteiger partial charge in [-0.3, -0.25) is 4.79 Å². The van der Waals surface area contributed by atoms with Crippen molar-refractivity contribution in [3.05, 3.63) is 29.3 Å². The van der Waals surface area contributed by atoms with Gasteiger partial charge in [0.25, 0.3) is 0 Å². The Kier molecular flexibility index (Phi) is 8.50. The Morgan fingerprint density at radius 2 is 1.56 bits per heavy atom. The van der Waals surface area contributed by atoms with Gasteiger partial charge in [-0.05, 0) is 36.8 Å². The van der Waals surface area contributed by atoms with Gasteiger partial charge in [0.15, 0.2) is 0 Å². The zero-order valence-electron chi connectivity index (χ0n) is 15.8. The summed E-state index contributed by atoms with van der Waals surface area (Å²) in [7, 11) is 0. The van der Waals surface area contributed by atoms with Crippen molar-refractivity contribution in [2.24, 2.45) is 0 Å². The van der Waals surface area contributed by atoms with Crippen LogP contribution in [-0.2, 0) is 17.6 Å². The summed E-state index contributed by atoms with van der Waals surface area (Å²) in [4.78, 5) is 14.7. The van der Waals surface area contributed by atoms with Crippen LogP contribution in [0.5, 0.6) is 0 Å². The van der Waals surface area contributed by atoms with Crippen LogP contribution in [0.4, 0.5) is 5.69 Å². The highest BCUT2D eigenvalue weighted by molar-refractivity contribution is 8.20. The molecule has 2 unspecified atom stereocenters. The number of anilines is 1. The van der Waals surface area contributed by atoms with Crippen molar-refractivity contribution in [1.82, 2.24) is 0 Å². The molecule has 1 aliphatic rings. The molecule has 0 radical (unpaired) electrons. The Labute approximate surface area is 166 Å². The highest BCUT2D eigenvalue weighted by Crippen LogP contribution is 2.47. The van der Waals surface area contributed by atoms with E-state index in [1.54, 1.807) is 0 Å². The van der Waals surface area contributed by atoms with Crippen molar-refractivity contribution in [2.45, 2.75) is 68.5 Å². The first-order valence-electron chi connectivity index (χ1n) is 9.37. The van der Waals surface area contributed by atoms with Crippen LogP contribution in [0, 0.1) is 0 Å². The van der Waals surface area contributed by atoms with E-state index in [4.69, 9.17) is 11.6 Å². The standard InChI is InChI=1S/C20H30ClNOS2/c1-5-14-10-9-11-15(6-2)20(14)22(18(23)12-21)13-19-24-16(7-3)17(8-4)25-19/h9-11,16-17,19H,5-8,12-13H2,1-4H3.